The molecule has 0 aromatic carbocycles. The highest BCUT2D eigenvalue weighted by molar-refractivity contribution is 5.81. The summed E-state index contributed by atoms with van der Waals surface area (Å²) in [5, 5.41) is 0. The monoisotopic (exact) mass is 330 g/mol. The van der Waals surface area contributed by atoms with E-state index < -0.39 is 5.97 Å². The van der Waals surface area contributed by atoms with Gasteiger partial charge in [-0.2, -0.15) is 0 Å². The number of hydrogen-bond donors (Lipinski definition) is 0. The molecule has 136 valence electrons. The molecule has 0 spiro atoms. The molecule has 0 saturated heterocycles. The minimum atomic E-state index is -0.884. The van der Waals surface area contributed by atoms with Gasteiger partial charge in [-0.3, -0.25) is 0 Å². The van der Waals surface area contributed by atoms with E-state index in [1.165, 1.54) is 31.8 Å². The summed E-state index contributed by atoms with van der Waals surface area (Å²) in [6.45, 7) is 2.25. The summed E-state index contributed by atoms with van der Waals surface area (Å²) in [5.74, 6) is -1.13. The number of ether oxygens (including phenoxy) is 4. The fraction of sp³-hybridized carbons (Fsp3) is 0.833. The SMILES string of the molecule is CCOC(=O)C=CCCCCCCCCCC(OC)(OC)OC. The lowest BCUT2D eigenvalue weighted by molar-refractivity contribution is -0.355. The number of rotatable bonds is 15. The third-order valence-corrected chi connectivity index (χ3v) is 3.83. The average Bonchev–Trinajstić information content (AvgIpc) is 2.57. The highest BCUT2D eigenvalue weighted by Gasteiger charge is 2.28. The van der Waals surface area contributed by atoms with Crippen LogP contribution in [-0.4, -0.2) is 39.9 Å². The molecule has 5 nitrogen and oxygen atoms in total. The number of carbonyl (C=O) groups is 1. The molecular weight excluding hydrogens is 296 g/mol. The summed E-state index contributed by atoms with van der Waals surface area (Å²) in [7, 11) is 4.80. The van der Waals surface area contributed by atoms with E-state index in [4.69, 9.17) is 18.9 Å². The van der Waals surface area contributed by atoms with E-state index in [0.717, 1.165) is 32.1 Å². The summed E-state index contributed by atoms with van der Waals surface area (Å²) in [6.07, 6.45) is 13.3. The Kier molecular flexibility index (Phi) is 14.1. The van der Waals surface area contributed by atoms with Gasteiger partial charge in [-0.15, -0.1) is 0 Å². The van der Waals surface area contributed by atoms with Crippen molar-refractivity contribution in [3.63, 3.8) is 0 Å². The van der Waals surface area contributed by atoms with E-state index in [2.05, 4.69) is 0 Å². The summed E-state index contributed by atoms with van der Waals surface area (Å²) >= 11 is 0. The fourth-order valence-electron chi connectivity index (χ4n) is 2.41. The van der Waals surface area contributed by atoms with Gasteiger partial charge in [-0.05, 0) is 26.2 Å². The van der Waals surface area contributed by atoms with Crippen molar-refractivity contribution in [2.45, 2.75) is 70.7 Å². The van der Waals surface area contributed by atoms with Crippen LogP contribution in [0.15, 0.2) is 12.2 Å². The predicted octanol–water partition coefficient (Wildman–Crippen LogP) is 4.21. The average molecular weight is 330 g/mol. The molecule has 0 aromatic rings. The maximum Gasteiger partial charge on any atom is 0.330 e. The molecular formula is C18H34O5. The Hall–Kier alpha value is -0.910. The second-order valence-electron chi connectivity index (χ2n) is 5.46. The Morgan fingerprint density at radius 2 is 1.39 bits per heavy atom. The van der Waals surface area contributed by atoms with Gasteiger partial charge in [0.25, 0.3) is 5.97 Å². The Morgan fingerprint density at radius 1 is 0.870 bits per heavy atom. The molecule has 0 N–H and O–H groups in total. The zero-order valence-corrected chi connectivity index (χ0v) is 15.3. The number of unbranched alkanes of at least 4 members (excludes halogenated alkanes) is 7. The van der Waals surface area contributed by atoms with Gasteiger partial charge < -0.3 is 18.9 Å². The molecule has 0 unspecified atom stereocenters. The van der Waals surface area contributed by atoms with Crippen LogP contribution < -0.4 is 0 Å². The molecule has 5 heteroatoms. The van der Waals surface area contributed by atoms with Gasteiger partial charge in [-0.1, -0.05) is 38.2 Å². The van der Waals surface area contributed by atoms with Crippen molar-refractivity contribution in [3.05, 3.63) is 12.2 Å². The van der Waals surface area contributed by atoms with Crippen LogP contribution in [0.2, 0.25) is 0 Å². The lowest BCUT2D eigenvalue weighted by Gasteiger charge is -2.28. The fourth-order valence-corrected chi connectivity index (χ4v) is 2.41. The lowest BCUT2D eigenvalue weighted by Crippen LogP contribution is -2.35. The molecule has 0 saturated carbocycles. The highest BCUT2D eigenvalue weighted by Crippen LogP contribution is 2.21. The molecule has 0 bridgehead atoms. The first-order valence-electron chi connectivity index (χ1n) is 8.62. The normalized spacial score (nSPS) is 12.0. The van der Waals surface area contributed by atoms with Crippen LogP contribution in [-0.2, 0) is 23.7 Å². The summed E-state index contributed by atoms with van der Waals surface area (Å²) in [4.78, 5) is 11.1. The maximum atomic E-state index is 11.1. The zero-order chi connectivity index (χ0) is 17.4. The molecule has 0 aromatic heterocycles. The third kappa shape index (κ3) is 11.3. The summed E-state index contributed by atoms with van der Waals surface area (Å²) in [6, 6.07) is 0. The number of esters is 1. The van der Waals surface area contributed by atoms with Gasteiger partial charge in [0.05, 0.1) is 6.61 Å². The Bertz CT molecular complexity index is 302. The molecule has 0 amide bonds. The van der Waals surface area contributed by atoms with E-state index in [1.54, 1.807) is 21.3 Å². The number of methoxy groups -OCH3 is 3. The number of hydrogen-bond acceptors (Lipinski definition) is 5. The van der Waals surface area contributed by atoms with Crippen LogP contribution in [0.4, 0.5) is 0 Å². The molecule has 23 heavy (non-hydrogen) atoms. The van der Waals surface area contributed by atoms with Gasteiger partial charge in [0.2, 0.25) is 0 Å². The van der Waals surface area contributed by atoms with Gasteiger partial charge in [-0.25, -0.2) is 4.79 Å². The van der Waals surface area contributed by atoms with Gasteiger partial charge >= 0.3 is 5.97 Å². The van der Waals surface area contributed by atoms with Gasteiger partial charge in [0.15, 0.2) is 0 Å². The molecule has 0 atom stereocenters. The lowest BCUT2D eigenvalue weighted by atomic mass is 10.1. The Balaban J connectivity index is 3.45. The van der Waals surface area contributed by atoms with Crippen LogP contribution in [0.5, 0.6) is 0 Å². The van der Waals surface area contributed by atoms with Crippen molar-refractivity contribution in [1.29, 1.82) is 0 Å². The molecule has 0 rings (SSSR count). The van der Waals surface area contributed by atoms with Gasteiger partial charge in [0, 0.05) is 33.8 Å². The first kappa shape index (κ1) is 22.1. The van der Waals surface area contributed by atoms with E-state index >= 15 is 0 Å². The minimum Gasteiger partial charge on any atom is -0.463 e. The van der Waals surface area contributed by atoms with Crippen LogP contribution in [0.1, 0.15) is 64.7 Å². The van der Waals surface area contributed by atoms with Crippen LogP contribution >= 0.6 is 0 Å². The third-order valence-electron chi connectivity index (χ3n) is 3.83. The van der Waals surface area contributed by atoms with Crippen molar-refractivity contribution < 1.29 is 23.7 Å². The Morgan fingerprint density at radius 3 is 1.91 bits per heavy atom. The first-order valence-corrected chi connectivity index (χ1v) is 8.62. The molecule has 0 radical (unpaired) electrons. The Labute approximate surface area is 141 Å². The largest absolute Gasteiger partial charge is 0.463 e. The molecule has 0 heterocycles. The predicted molar refractivity (Wildman–Crippen MR) is 91.1 cm³/mol. The summed E-state index contributed by atoms with van der Waals surface area (Å²) in [5.41, 5.74) is 0. The van der Waals surface area contributed by atoms with E-state index in [-0.39, 0.29) is 5.97 Å². The smallest absolute Gasteiger partial charge is 0.330 e. The first-order chi connectivity index (χ1) is 11.1. The second kappa shape index (κ2) is 14.7. The van der Waals surface area contributed by atoms with Crippen molar-refractivity contribution >= 4 is 5.97 Å². The standard InChI is InChI=1S/C18H34O5/c1-5-23-17(19)15-13-11-9-7-6-8-10-12-14-16-18(20-2,21-3)22-4/h13,15H,5-12,14,16H2,1-4H3. The van der Waals surface area contributed by atoms with Crippen molar-refractivity contribution in [2.75, 3.05) is 27.9 Å². The number of carbonyl (C=O) groups excluding carboxylic acids is 1. The van der Waals surface area contributed by atoms with Crippen LogP contribution in [0.3, 0.4) is 0 Å². The van der Waals surface area contributed by atoms with Crippen LogP contribution in [0.25, 0.3) is 0 Å². The maximum absolute atomic E-state index is 11.1. The molecule has 0 aliphatic heterocycles. The zero-order valence-electron chi connectivity index (χ0n) is 15.3. The van der Waals surface area contributed by atoms with E-state index in [9.17, 15) is 4.79 Å². The van der Waals surface area contributed by atoms with E-state index in [0.29, 0.717) is 6.61 Å². The number of allylic oxidation sites excluding steroid dienone is 1. The van der Waals surface area contributed by atoms with E-state index in [1.807, 2.05) is 13.0 Å². The highest BCUT2D eigenvalue weighted by atomic mass is 16.9. The minimum absolute atomic E-state index is 0.244. The molecule has 0 aliphatic rings. The second-order valence-corrected chi connectivity index (χ2v) is 5.46. The van der Waals surface area contributed by atoms with Crippen molar-refractivity contribution in [3.8, 4) is 0 Å². The molecule has 0 fully saturated rings. The quantitative estimate of drug-likeness (QED) is 0.195. The topological polar surface area (TPSA) is 54.0 Å². The van der Waals surface area contributed by atoms with Gasteiger partial charge in [0.1, 0.15) is 0 Å². The summed E-state index contributed by atoms with van der Waals surface area (Å²) < 4.78 is 20.6. The molecule has 0 aliphatic carbocycles. The van der Waals surface area contributed by atoms with Crippen LogP contribution in [0, 0.1) is 0 Å². The van der Waals surface area contributed by atoms with Crippen molar-refractivity contribution in [1.82, 2.24) is 0 Å². The van der Waals surface area contributed by atoms with Crippen molar-refractivity contribution in [2.24, 2.45) is 0 Å².